The number of anilines is 1. The van der Waals surface area contributed by atoms with Gasteiger partial charge in [0.1, 0.15) is 24.0 Å². The Morgan fingerprint density at radius 3 is 2.75 bits per heavy atom. The smallest absolute Gasteiger partial charge is 0.239 e. The van der Waals surface area contributed by atoms with Crippen molar-refractivity contribution in [3.8, 4) is 5.69 Å². The highest BCUT2D eigenvalue weighted by atomic mass is 79.9. The molecule has 1 atom stereocenters. The van der Waals surface area contributed by atoms with Crippen LogP contribution in [0.2, 0.25) is 0 Å². The van der Waals surface area contributed by atoms with Crippen LogP contribution < -0.4 is 10.2 Å². The number of carbonyl (C=O) groups is 1. The number of benzene rings is 2. The minimum Gasteiger partial charge on any atom is -0.353 e. The van der Waals surface area contributed by atoms with E-state index < -0.39 is 0 Å². The molecule has 0 radical (unpaired) electrons. The largest absolute Gasteiger partial charge is 0.353 e. The predicted octanol–water partition coefficient (Wildman–Crippen LogP) is 3.77. The van der Waals surface area contributed by atoms with Crippen molar-refractivity contribution in [1.82, 2.24) is 30.0 Å². The number of nitrogens with one attached hydrogen (secondary N) is 1. The van der Waals surface area contributed by atoms with E-state index in [0.29, 0.717) is 48.9 Å². The van der Waals surface area contributed by atoms with Gasteiger partial charge in [0.05, 0.1) is 11.1 Å². The van der Waals surface area contributed by atoms with E-state index in [1.54, 1.807) is 17.7 Å². The molecule has 1 aliphatic heterocycles. The number of piperazine rings is 1. The third-order valence-electron chi connectivity index (χ3n) is 6.65. The number of likely N-dealkylation sites (N-methyl/N-ethyl adjacent to an activating group) is 1. The zero-order valence-electron chi connectivity index (χ0n) is 20.4. The number of amides is 1. The van der Waals surface area contributed by atoms with E-state index in [-0.39, 0.29) is 17.8 Å². The number of halogens is 2. The van der Waals surface area contributed by atoms with E-state index in [9.17, 15) is 9.18 Å². The van der Waals surface area contributed by atoms with Gasteiger partial charge < -0.3 is 10.2 Å². The number of carbonyl (C=O) groups excluding carboxylic acids is 1. The van der Waals surface area contributed by atoms with Gasteiger partial charge in [-0.2, -0.15) is 0 Å². The van der Waals surface area contributed by atoms with Crippen LogP contribution in [0.5, 0.6) is 0 Å². The Bertz CT molecular complexity index is 1440. The third kappa shape index (κ3) is 4.83. The van der Waals surface area contributed by atoms with Crippen molar-refractivity contribution >= 4 is 38.7 Å². The fraction of sp³-hybridized carbons (Fsp3) is 0.308. The molecule has 1 amide bonds. The van der Waals surface area contributed by atoms with Gasteiger partial charge in [-0.25, -0.2) is 19.0 Å². The van der Waals surface area contributed by atoms with E-state index in [0.717, 1.165) is 21.0 Å². The molecule has 2 aromatic heterocycles. The summed E-state index contributed by atoms with van der Waals surface area (Å²) in [5.41, 5.74) is 3.89. The number of aryl methyl sites for hydroxylation is 2. The van der Waals surface area contributed by atoms with Gasteiger partial charge in [-0.05, 0) is 55.8 Å². The number of hydrogen-bond donors (Lipinski definition) is 1. The second-order valence-electron chi connectivity index (χ2n) is 9.19. The van der Waals surface area contributed by atoms with Crippen molar-refractivity contribution < 1.29 is 9.18 Å². The van der Waals surface area contributed by atoms with Crippen LogP contribution in [-0.2, 0) is 11.3 Å². The van der Waals surface area contributed by atoms with Crippen molar-refractivity contribution in [3.63, 3.8) is 0 Å². The summed E-state index contributed by atoms with van der Waals surface area (Å²) in [6.07, 6.45) is 3.30. The molecule has 0 saturated carbocycles. The van der Waals surface area contributed by atoms with Crippen LogP contribution >= 0.6 is 15.9 Å². The minimum absolute atomic E-state index is 0.0288. The summed E-state index contributed by atoms with van der Waals surface area (Å²) in [5.74, 6) is 0.400. The Kier molecular flexibility index (Phi) is 6.72. The van der Waals surface area contributed by atoms with Crippen molar-refractivity contribution in [2.45, 2.75) is 26.4 Å². The van der Waals surface area contributed by atoms with Crippen molar-refractivity contribution in [3.05, 3.63) is 75.9 Å². The Hall–Kier alpha value is -3.37. The van der Waals surface area contributed by atoms with E-state index in [2.05, 4.69) is 52.2 Å². The van der Waals surface area contributed by atoms with Crippen LogP contribution in [0.25, 0.3) is 16.7 Å². The van der Waals surface area contributed by atoms with Crippen LogP contribution in [0.3, 0.4) is 0 Å². The first-order valence-corrected chi connectivity index (χ1v) is 12.5. The van der Waals surface area contributed by atoms with Gasteiger partial charge in [0.15, 0.2) is 5.65 Å². The molecular formula is C26H27BrFN7O. The molecule has 1 aliphatic rings. The first-order valence-electron chi connectivity index (χ1n) is 11.7. The molecule has 3 heterocycles. The maximum Gasteiger partial charge on any atom is 0.239 e. The van der Waals surface area contributed by atoms with E-state index in [1.165, 1.54) is 12.4 Å². The summed E-state index contributed by atoms with van der Waals surface area (Å²) in [6.45, 7) is 6.12. The van der Waals surface area contributed by atoms with Gasteiger partial charge in [0, 0.05) is 36.8 Å². The van der Waals surface area contributed by atoms with Gasteiger partial charge in [0.2, 0.25) is 5.91 Å². The van der Waals surface area contributed by atoms with Crippen molar-refractivity contribution in [2.24, 2.45) is 0 Å². The minimum atomic E-state index is -0.332. The maximum atomic E-state index is 14.1. The van der Waals surface area contributed by atoms with E-state index >= 15 is 0 Å². The molecule has 4 aromatic rings. The molecule has 0 aliphatic carbocycles. The quantitative estimate of drug-likeness (QED) is 0.406. The summed E-state index contributed by atoms with van der Waals surface area (Å²) in [6, 6.07) is 10.7. The second-order valence-corrected chi connectivity index (χ2v) is 10.0. The Balaban J connectivity index is 1.35. The highest BCUT2D eigenvalue weighted by molar-refractivity contribution is 9.10. The van der Waals surface area contributed by atoms with Crippen molar-refractivity contribution in [2.75, 3.05) is 31.6 Å². The number of fused-ring (bicyclic) bond motifs is 1. The fourth-order valence-corrected chi connectivity index (χ4v) is 4.65. The summed E-state index contributed by atoms with van der Waals surface area (Å²) in [4.78, 5) is 26.2. The van der Waals surface area contributed by atoms with Crippen LogP contribution in [0, 0.1) is 19.7 Å². The Morgan fingerprint density at radius 2 is 1.97 bits per heavy atom. The van der Waals surface area contributed by atoms with Gasteiger partial charge in [0.25, 0.3) is 0 Å². The molecule has 0 spiro atoms. The zero-order chi connectivity index (χ0) is 25.4. The summed E-state index contributed by atoms with van der Waals surface area (Å²) < 4.78 is 16.8. The average Bonchev–Trinajstić information content (AvgIpc) is 3.31. The zero-order valence-corrected chi connectivity index (χ0v) is 22.0. The fourth-order valence-electron chi connectivity index (χ4n) is 4.41. The average molecular weight is 552 g/mol. The van der Waals surface area contributed by atoms with Crippen LogP contribution in [0.4, 0.5) is 10.2 Å². The molecule has 0 bridgehead atoms. The molecular weight excluding hydrogens is 525 g/mol. The molecule has 1 N–H and O–H groups in total. The second kappa shape index (κ2) is 9.94. The lowest BCUT2D eigenvalue weighted by Crippen LogP contribution is -2.57. The van der Waals surface area contributed by atoms with Gasteiger partial charge >= 0.3 is 0 Å². The molecule has 5 rings (SSSR count). The molecule has 36 heavy (non-hydrogen) atoms. The number of rotatable bonds is 5. The van der Waals surface area contributed by atoms with Gasteiger partial charge in [-0.1, -0.05) is 34.1 Å². The van der Waals surface area contributed by atoms with Gasteiger partial charge in [-0.15, -0.1) is 5.10 Å². The molecule has 0 unspecified atom stereocenters. The standard InChI is InChI=1S/C26H27BrFN7O/c1-16-4-6-19(11-22(16)28)35-13-20-24(32-35)30-15-31-25(20)34-9-8-33(3)23(14-34)26(36)29-12-18-5-7-21(27)17(2)10-18/h4-7,10-11,13,15,23H,8-9,12,14H2,1-3H3,(H,29,36)/t23-/m0/s1. The highest BCUT2D eigenvalue weighted by Gasteiger charge is 2.31. The lowest BCUT2D eigenvalue weighted by molar-refractivity contribution is -0.126. The molecule has 186 valence electrons. The van der Waals surface area contributed by atoms with Crippen LogP contribution in [0.1, 0.15) is 16.7 Å². The number of hydrogen-bond acceptors (Lipinski definition) is 6. The molecule has 8 nitrogen and oxygen atoms in total. The molecule has 10 heteroatoms. The Labute approximate surface area is 217 Å². The molecule has 1 fully saturated rings. The monoisotopic (exact) mass is 551 g/mol. The normalized spacial score (nSPS) is 16.5. The summed E-state index contributed by atoms with van der Waals surface area (Å²) >= 11 is 3.51. The highest BCUT2D eigenvalue weighted by Crippen LogP contribution is 2.26. The molecule has 1 saturated heterocycles. The van der Waals surface area contributed by atoms with E-state index in [1.807, 2.05) is 38.4 Å². The topological polar surface area (TPSA) is 79.2 Å². The summed E-state index contributed by atoms with van der Waals surface area (Å²) in [7, 11) is 1.96. The SMILES string of the molecule is Cc1ccc(-n2cc3c(N4CCN(C)[C@H](C(=O)NCc5ccc(Br)c(C)c5)C4)ncnc3n2)cc1F. The lowest BCUT2D eigenvalue weighted by atomic mass is 10.1. The molecule has 2 aromatic carbocycles. The number of nitrogens with zero attached hydrogens (tertiary/aromatic N) is 6. The third-order valence-corrected chi connectivity index (χ3v) is 7.54. The van der Waals surface area contributed by atoms with E-state index in [4.69, 9.17) is 0 Å². The van der Waals surface area contributed by atoms with Crippen molar-refractivity contribution in [1.29, 1.82) is 0 Å². The summed E-state index contributed by atoms with van der Waals surface area (Å²) in [5, 5.41) is 8.37. The van der Waals surface area contributed by atoms with Crippen LogP contribution in [-0.4, -0.2) is 63.3 Å². The Morgan fingerprint density at radius 1 is 1.14 bits per heavy atom. The first kappa shape index (κ1) is 24.3. The number of aromatic nitrogens is 4. The lowest BCUT2D eigenvalue weighted by Gasteiger charge is -2.39. The van der Waals surface area contributed by atoms with Crippen LogP contribution in [0.15, 0.2) is 53.4 Å². The first-order chi connectivity index (χ1) is 17.3. The van der Waals surface area contributed by atoms with Gasteiger partial charge in [-0.3, -0.25) is 9.69 Å². The maximum absolute atomic E-state index is 14.1. The predicted molar refractivity (Wildman–Crippen MR) is 141 cm³/mol.